The first kappa shape index (κ1) is 18.4. The van der Waals surface area contributed by atoms with E-state index < -0.39 is 0 Å². The molecule has 0 rings (SSSR count). The number of hydrogen-bond acceptors (Lipinski definition) is 2. The first-order valence-electron chi connectivity index (χ1n) is 8.30. The summed E-state index contributed by atoms with van der Waals surface area (Å²) in [6.07, 6.45) is 11.7. The molecule has 2 nitrogen and oxygen atoms in total. The summed E-state index contributed by atoms with van der Waals surface area (Å²) in [6.45, 7) is 10.0. The standard InChI is InChI=1S/C17H34N2/c1-4-5-6-7-8-9-10-11-14-19(15-12-13-18)16-17(2)3/h17H,4-12,14-16H2,1-3H3. The Kier molecular flexibility index (Phi) is 13.5. The van der Waals surface area contributed by atoms with Gasteiger partial charge in [0, 0.05) is 19.5 Å². The summed E-state index contributed by atoms with van der Waals surface area (Å²) in [4.78, 5) is 2.46. The highest BCUT2D eigenvalue weighted by molar-refractivity contribution is 4.73. The van der Waals surface area contributed by atoms with E-state index >= 15 is 0 Å². The summed E-state index contributed by atoms with van der Waals surface area (Å²) in [5.41, 5.74) is 0. The van der Waals surface area contributed by atoms with Crippen LogP contribution < -0.4 is 0 Å². The van der Waals surface area contributed by atoms with Gasteiger partial charge in [-0.15, -0.1) is 0 Å². The molecule has 0 aromatic carbocycles. The van der Waals surface area contributed by atoms with E-state index in [4.69, 9.17) is 5.26 Å². The lowest BCUT2D eigenvalue weighted by atomic mass is 10.1. The van der Waals surface area contributed by atoms with Gasteiger partial charge in [-0.25, -0.2) is 0 Å². The number of nitrogens with zero attached hydrogens (tertiary/aromatic N) is 2. The second kappa shape index (κ2) is 13.9. The smallest absolute Gasteiger partial charge is 0.0635 e. The fourth-order valence-electron chi connectivity index (χ4n) is 2.49. The molecule has 0 atom stereocenters. The van der Waals surface area contributed by atoms with E-state index in [-0.39, 0.29) is 0 Å². The number of nitriles is 1. The Balaban J connectivity index is 3.49. The van der Waals surface area contributed by atoms with Gasteiger partial charge >= 0.3 is 0 Å². The van der Waals surface area contributed by atoms with Crippen molar-refractivity contribution in [2.24, 2.45) is 5.92 Å². The number of unbranched alkanes of at least 4 members (excludes halogenated alkanes) is 7. The fourth-order valence-corrected chi connectivity index (χ4v) is 2.49. The highest BCUT2D eigenvalue weighted by Crippen LogP contribution is 2.09. The van der Waals surface area contributed by atoms with Crippen LogP contribution >= 0.6 is 0 Å². The molecule has 112 valence electrons. The van der Waals surface area contributed by atoms with Crippen LogP contribution in [0.4, 0.5) is 0 Å². The first-order chi connectivity index (χ1) is 9.20. The van der Waals surface area contributed by atoms with E-state index in [1.54, 1.807) is 0 Å². The Hall–Kier alpha value is -0.550. The zero-order chi connectivity index (χ0) is 14.3. The Bertz CT molecular complexity index is 218. The molecule has 0 saturated heterocycles. The van der Waals surface area contributed by atoms with Crippen molar-refractivity contribution in [1.82, 2.24) is 4.90 Å². The lowest BCUT2D eigenvalue weighted by Crippen LogP contribution is -2.29. The summed E-state index contributed by atoms with van der Waals surface area (Å²) < 4.78 is 0. The Morgan fingerprint density at radius 1 is 0.895 bits per heavy atom. The molecule has 0 N–H and O–H groups in total. The number of rotatable bonds is 13. The SMILES string of the molecule is CCCCCCCCCCN(CCC#N)CC(C)C. The van der Waals surface area contributed by atoms with Gasteiger partial charge in [-0.3, -0.25) is 0 Å². The molecular formula is C17H34N2. The molecule has 0 spiro atoms. The molecule has 0 bridgehead atoms. The van der Waals surface area contributed by atoms with Crippen LogP contribution in [-0.4, -0.2) is 24.5 Å². The van der Waals surface area contributed by atoms with Crippen molar-refractivity contribution in [2.45, 2.75) is 78.6 Å². The van der Waals surface area contributed by atoms with Gasteiger partial charge < -0.3 is 4.90 Å². The second-order valence-corrected chi connectivity index (χ2v) is 6.08. The van der Waals surface area contributed by atoms with Gasteiger partial charge in [0.25, 0.3) is 0 Å². The van der Waals surface area contributed by atoms with Crippen molar-refractivity contribution < 1.29 is 0 Å². The van der Waals surface area contributed by atoms with Crippen LogP contribution in [0.2, 0.25) is 0 Å². The highest BCUT2D eigenvalue weighted by Gasteiger charge is 2.06. The van der Waals surface area contributed by atoms with Gasteiger partial charge in [-0.05, 0) is 18.9 Å². The van der Waals surface area contributed by atoms with Gasteiger partial charge in [0.15, 0.2) is 0 Å². The normalized spacial score (nSPS) is 11.2. The minimum absolute atomic E-state index is 0.670. The summed E-state index contributed by atoms with van der Waals surface area (Å²) in [6, 6.07) is 2.26. The molecule has 0 saturated carbocycles. The first-order valence-corrected chi connectivity index (χ1v) is 8.30. The molecule has 0 aliphatic rings. The predicted molar refractivity (Wildman–Crippen MR) is 84.1 cm³/mol. The van der Waals surface area contributed by atoms with Gasteiger partial charge in [-0.1, -0.05) is 65.7 Å². The van der Waals surface area contributed by atoms with Crippen molar-refractivity contribution in [1.29, 1.82) is 5.26 Å². The molecule has 0 amide bonds. The van der Waals surface area contributed by atoms with E-state index in [0.717, 1.165) is 13.1 Å². The van der Waals surface area contributed by atoms with Gasteiger partial charge in [0.2, 0.25) is 0 Å². The van der Waals surface area contributed by atoms with Gasteiger partial charge in [0.05, 0.1) is 6.07 Å². The van der Waals surface area contributed by atoms with Crippen LogP contribution in [-0.2, 0) is 0 Å². The van der Waals surface area contributed by atoms with E-state index in [9.17, 15) is 0 Å². The Morgan fingerprint density at radius 2 is 1.47 bits per heavy atom. The van der Waals surface area contributed by atoms with E-state index in [1.165, 1.54) is 57.9 Å². The molecule has 19 heavy (non-hydrogen) atoms. The molecule has 0 aromatic heterocycles. The molecule has 0 aromatic rings. The zero-order valence-electron chi connectivity index (χ0n) is 13.5. The van der Waals surface area contributed by atoms with Crippen LogP contribution in [0, 0.1) is 17.2 Å². The van der Waals surface area contributed by atoms with E-state index in [0.29, 0.717) is 12.3 Å². The third-order valence-corrected chi connectivity index (χ3v) is 3.49. The van der Waals surface area contributed by atoms with E-state index in [1.807, 2.05) is 0 Å². The molecular weight excluding hydrogens is 232 g/mol. The minimum atomic E-state index is 0.670. The monoisotopic (exact) mass is 266 g/mol. The average molecular weight is 266 g/mol. The van der Waals surface area contributed by atoms with Crippen molar-refractivity contribution in [3.05, 3.63) is 0 Å². The van der Waals surface area contributed by atoms with Crippen LogP contribution in [0.3, 0.4) is 0 Å². The lowest BCUT2D eigenvalue weighted by molar-refractivity contribution is 0.243. The topological polar surface area (TPSA) is 27.0 Å². The molecule has 2 heteroatoms. The molecule has 0 heterocycles. The molecule has 0 aliphatic carbocycles. The zero-order valence-corrected chi connectivity index (χ0v) is 13.5. The largest absolute Gasteiger partial charge is 0.302 e. The summed E-state index contributed by atoms with van der Waals surface area (Å²) >= 11 is 0. The van der Waals surface area contributed by atoms with Crippen molar-refractivity contribution in [3.8, 4) is 6.07 Å². The van der Waals surface area contributed by atoms with Crippen LogP contribution in [0.25, 0.3) is 0 Å². The number of hydrogen-bond donors (Lipinski definition) is 0. The van der Waals surface area contributed by atoms with E-state index in [2.05, 4.69) is 31.7 Å². The van der Waals surface area contributed by atoms with Crippen LogP contribution in [0.1, 0.15) is 78.6 Å². The van der Waals surface area contributed by atoms with Gasteiger partial charge in [-0.2, -0.15) is 5.26 Å². The van der Waals surface area contributed by atoms with Gasteiger partial charge in [0.1, 0.15) is 0 Å². The molecule has 0 radical (unpaired) electrons. The molecule has 0 fully saturated rings. The quantitative estimate of drug-likeness (QED) is 0.439. The molecule has 0 aliphatic heterocycles. The fraction of sp³-hybridized carbons (Fsp3) is 0.941. The van der Waals surface area contributed by atoms with Crippen LogP contribution in [0.15, 0.2) is 0 Å². The highest BCUT2D eigenvalue weighted by atomic mass is 15.1. The minimum Gasteiger partial charge on any atom is -0.302 e. The lowest BCUT2D eigenvalue weighted by Gasteiger charge is -2.23. The van der Waals surface area contributed by atoms with Crippen LogP contribution in [0.5, 0.6) is 0 Å². The maximum Gasteiger partial charge on any atom is 0.0635 e. The molecule has 0 unspecified atom stereocenters. The van der Waals surface area contributed by atoms with Crippen molar-refractivity contribution in [3.63, 3.8) is 0 Å². The average Bonchev–Trinajstić information content (AvgIpc) is 2.38. The van der Waals surface area contributed by atoms with Crippen molar-refractivity contribution >= 4 is 0 Å². The predicted octanol–water partition coefficient (Wildman–Crippen LogP) is 5.00. The Labute approximate surface area is 121 Å². The van der Waals surface area contributed by atoms with Crippen molar-refractivity contribution in [2.75, 3.05) is 19.6 Å². The summed E-state index contributed by atoms with van der Waals surface area (Å²) in [5, 5.41) is 8.68. The third-order valence-electron chi connectivity index (χ3n) is 3.49. The third kappa shape index (κ3) is 13.7. The Morgan fingerprint density at radius 3 is 2.00 bits per heavy atom. The summed E-state index contributed by atoms with van der Waals surface area (Å²) in [7, 11) is 0. The maximum atomic E-state index is 8.68. The summed E-state index contributed by atoms with van der Waals surface area (Å²) in [5.74, 6) is 0.702. The second-order valence-electron chi connectivity index (χ2n) is 6.08. The maximum absolute atomic E-state index is 8.68.